The Bertz CT molecular complexity index is 1120. The van der Waals surface area contributed by atoms with Crippen molar-refractivity contribution in [2.24, 2.45) is 0 Å². The first-order chi connectivity index (χ1) is 19.5. The molecule has 3 N–H and O–H groups in total. The van der Waals surface area contributed by atoms with Crippen molar-refractivity contribution in [3.05, 3.63) is 65.2 Å². The van der Waals surface area contributed by atoms with E-state index in [1.165, 1.54) is 11.0 Å². The Balaban J connectivity index is 2.42. The van der Waals surface area contributed by atoms with Crippen LogP contribution in [0, 0.1) is 6.92 Å². The van der Waals surface area contributed by atoms with Crippen molar-refractivity contribution >= 4 is 30.5 Å². The normalized spacial score (nSPS) is 12.7. The van der Waals surface area contributed by atoms with Crippen molar-refractivity contribution in [3.8, 4) is 5.75 Å². The van der Waals surface area contributed by atoms with Gasteiger partial charge in [0.15, 0.2) is 0 Å². The van der Waals surface area contributed by atoms with E-state index < -0.39 is 29.7 Å². The number of unbranched alkanes of at least 4 members (excludes halogenated alkanes) is 5. The number of thiol groups is 1. The molecule has 41 heavy (non-hydrogen) atoms. The largest absolute Gasteiger partial charge is 0.508 e. The molecule has 0 bridgehead atoms. The fraction of sp³-hybridized carbons (Fsp3) is 0.531. The van der Waals surface area contributed by atoms with E-state index in [0.717, 1.165) is 37.7 Å². The predicted octanol–water partition coefficient (Wildman–Crippen LogP) is 6.07. The number of benzene rings is 2. The van der Waals surface area contributed by atoms with Gasteiger partial charge in [0.05, 0.1) is 0 Å². The van der Waals surface area contributed by atoms with Crippen LogP contribution in [0.4, 0.5) is 4.79 Å². The Morgan fingerprint density at radius 2 is 1.66 bits per heavy atom. The van der Waals surface area contributed by atoms with Gasteiger partial charge in [-0.1, -0.05) is 75.4 Å². The summed E-state index contributed by atoms with van der Waals surface area (Å²) in [7, 11) is 0. The first kappa shape index (κ1) is 34.0. The lowest BCUT2D eigenvalue weighted by Crippen LogP contribution is -2.54. The molecule has 2 rings (SSSR count). The molecule has 2 aromatic carbocycles. The van der Waals surface area contributed by atoms with Crippen LogP contribution >= 0.6 is 12.6 Å². The Morgan fingerprint density at radius 3 is 2.27 bits per heavy atom. The maximum Gasteiger partial charge on any atom is 0.408 e. The predicted molar refractivity (Wildman–Crippen MR) is 166 cm³/mol. The number of aryl methyl sites for hydroxylation is 1. The Labute approximate surface area is 250 Å². The zero-order chi connectivity index (χ0) is 30.4. The van der Waals surface area contributed by atoms with Crippen LogP contribution in [0.3, 0.4) is 0 Å². The van der Waals surface area contributed by atoms with E-state index >= 15 is 0 Å². The maximum absolute atomic E-state index is 14.1. The van der Waals surface area contributed by atoms with Gasteiger partial charge in [0.2, 0.25) is 11.8 Å². The number of amides is 3. The standard InChI is InChI=1S/C32H47N3O5S/c1-6-7-8-9-10-14-19-35(30(38)26(22-41)34-31(39)40-32(3,4)5)28(25-17-18-27(36)23(2)20-25)29(37)33-21-24-15-12-11-13-16-24/h11-13,15-18,20,26,28,36,41H,6-10,14,19,21-22H2,1-5H3,(H,33,37)(H,34,39). The Morgan fingerprint density at radius 1 is 1.00 bits per heavy atom. The molecule has 3 amide bonds. The van der Waals surface area contributed by atoms with E-state index in [2.05, 4.69) is 30.2 Å². The van der Waals surface area contributed by atoms with E-state index in [0.29, 0.717) is 30.6 Å². The van der Waals surface area contributed by atoms with Gasteiger partial charge in [-0.15, -0.1) is 0 Å². The number of hydrogen-bond acceptors (Lipinski definition) is 6. The van der Waals surface area contributed by atoms with Crippen molar-refractivity contribution in [3.63, 3.8) is 0 Å². The second-order valence-corrected chi connectivity index (χ2v) is 11.7. The van der Waals surface area contributed by atoms with Gasteiger partial charge in [-0.3, -0.25) is 9.59 Å². The minimum absolute atomic E-state index is 0.0258. The highest BCUT2D eigenvalue weighted by Gasteiger charge is 2.35. The number of carbonyl (C=O) groups excluding carboxylic acids is 3. The molecule has 226 valence electrons. The second-order valence-electron chi connectivity index (χ2n) is 11.3. The molecule has 0 saturated carbocycles. The Hall–Kier alpha value is -3.20. The average Bonchev–Trinajstić information content (AvgIpc) is 2.92. The fourth-order valence-electron chi connectivity index (χ4n) is 4.47. The number of phenols is 1. The molecule has 8 nitrogen and oxygen atoms in total. The van der Waals surface area contributed by atoms with E-state index in [1.54, 1.807) is 39.8 Å². The summed E-state index contributed by atoms with van der Waals surface area (Å²) >= 11 is 4.36. The van der Waals surface area contributed by atoms with Crippen LogP contribution in [0.15, 0.2) is 48.5 Å². The highest BCUT2D eigenvalue weighted by atomic mass is 32.1. The van der Waals surface area contributed by atoms with Crippen molar-refractivity contribution in [2.75, 3.05) is 12.3 Å². The first-order valence-electron chi connectivity index (χ1n) is 14.5. The van der Waals surface area contributed by atoms with Crippen LogP contribution in [0.5, 0.6) is 5.75 Å². The summed E-state index contributed by atoms with van der Waals surface area (Å²) in [5, 5.41) is 15.8. The Kier molecular flexibility index (Phi) is 14.0. The quantitative estimate of drug-likeness (QED) is 0.150. The SMILES string of the molecule is CCCCCCCCN(C(=O)C(CS)NC(=O)OC(C)(C)C)C(C(=O)NCc1ccccc1)c1ccc(O)c(C)c1. The van der Waals surface area contributed by atoms with Gasteiger partial charge < -0.3 is 25.4 Å². The van der Waals surface area contributed by atoms with Crippen LogP contribution in [0.1, 0.15) is 89.0 Å². The summed E-state index contributed by atoms with van der Waals surface area (Å²) in [5.41, 5.74) is 1.35. The zero-order valence-corrected chi connectivity index (χ0v) is 26.0. The van der Waals surface area contributed by atoms with Crippen molar-refractivity contribution in [1.29, 1.82) is 0 Å². The van der Waals surface area contributed by atoms with Gasteiger partial charge in [0, 0.05) is 18.8 Å². The number of phenolic OH excluding ortho intramolecular Hbond substituents is 1. The summed E-state index contributed by atoms with van der Waals surface area (Å²) in [6.45, 7) is 9.75. The van der Waals surface area contributed by atoms with E-state index in [9.17, 15) is 19.5 Å². The van der Waals surface area contributed by atoms with E-state index in [-0.39, 0.29) is 17.4 Å². The van der Waals surface area contributed by atoms with Gasteiger partial charge in [0.25, 0.3) is 0 Å². The van der Waals surface area contributed by atoms with Gasteiger partial charge in [-0.05, 0) is 62.9 Å². The summed E-state index contributed by atoms with van der Waals surface area (Å²) in [4.78, 5) is 42.0. The number of carbonyl (C=O) groups is 3. The molecule has 0 saturated heterocycles. The average molecular weight is 586 g/mol. The topological polar surface area (TPSA) is 108 Å². The maximum atomic E-state index is 14.1. The summed E-state index contributed by atoms with van der Waals surface area (Å²) in [6, 6.07) is 12.5. The molecule has 9 heteroatoms. The zero-order valence-electron chi connectivity index (χ0n) is 25.1. The number of alkyl carbamates (subject to hydrolysis) is 1. The van der Waals surface area contributed by atoms with Crippen molar-refractivity contribution in [1.82, 2.24) is 15.5 Å². The second kappa shape index (κ2) is 16.9. The van der Waals surface area contributed by atoms with E-state index in [4.69, 9.17) is 4.74 Å². The molecule has 0 aliphatic carbocycles. The fourth-order valence-corrected chi connectivity index (χ4v) is 4.72. The van der Waals surface area contributed by atoms with Gasteiger partial charge in [-0.2, -0.15) is 12.6 Å². The number of aromatic hydroxyl groups is 1. The van der Waals surface area contributed by atoms with Gasteiger partial charge >= 0.3 is 6.09 Å². The summed E-state index contributed by atoms with van der Waals surface area (Å²) < 4.78 is 5.38. The van der Waals surface area contributed by atoms with Gasteiger partial charge in [0.1, 0.15) is 23.4 Å². The molecule has 2 aromatic rings. The van der Waals surface area contributed by atoms with Crippen LogP contribution in [0.2, 0.25) is 0 Å². The molecule has 0 spiro atoms. The highest BCUT2D eigenvalue weighted by Crippen LogP contribution is 2.28. The van der Waals surface area contributed by atoms with Crippen LogP contribution < -0.4 is 10.6 Å². The van der Waals surface area contributed by atoms with Crippen LogP contribution in [0.25, 0.3) is 0 Å². The molecule has 0 aliphatic heterocycles. The van der Waals surface area contributed by atoms with Crippen molar-refractivity contribution < 1.29 is 24.2 Å². The number of rotatable bonds is 15. The number of ether oxygens (including phenoxy) is 1. The third kappa shape index (κ3) is 11.7. The minimum Gasteiger partial charge on any atom is -0.508 e. The molecular formula is C32H47N3O5S. The molecule has 0 aromatic heterocycles. The number of nitrogens with zero attached hydrogens (tertiary/aromatic N) is 1. The molecule has 0 heterocycles. The molecular weight excluding hydrogens is 538 g/mol. The van der Waals surface area contributed by atoms with Gasteiger partial charge in [-0.25, -0.2) is 4.79 Å². The lowest BCUT2D eigenvalue weighted by atomic mass is 9.99. The molecule has 0 aliphatic rings. The number of nitrogens with one attached hydrogen (secondary N) is 2. The monoisotopic (exact) mass is 585 g/mol. The molecule has 2 atom stereocenters. The van der Waals surface area contributed by atoms with E-state index in [1.807, 2.05) is 30.3 Å². The molecule has 0 radical (unpaired) electrons. The van der Waals surface area contributed by atoms with Crippen molar-refractivity contribution in [2.45, 2.75) is 97.4 Å². The first-order valence-corrected chi connectivity index (χ1v) is 15.1. The molecule has 0 fully saturated rings. The molecule has 2 unspecified atom stereocenters. The minimum atomic E-state index is -1.00. The number of hydrogen-bond donors (Lipinski definition) is 4. The van der Waals surface area contributed by atoms with Crippen LogP contribution in [-0.2, 0) is 20.9 Å². The smallest absolute Gasteiger partial charge is 0.408 e. The summed E-state index contributed by atoms with van der Waals surface area (Å²) in [6.07, 6.45) is 5.31. The van der Waals surface area contributed by atoms with Crippen LogP contribution in [-0.4, -0.2) is 51.9 Å². The third-order valence-electron chi connectivity index (χ3n) is 6.61. The summed E-state index contributed by atoms with van der Waals surface area (Å²) in [5.74, 6) is -0.651. The lowest BCUT2D eigenvalue weighted by molar-refractivity contribution is -0.142. The highest BCUT2D eigenvalue weighted by molar-refractivity contribution is 7.80. The third-order valence-corrected chi connectivity index (χ3v) is 6.98. The lowest BCUT2D eigenvalue weighted by Gasteiger charge is -2.34.